The van der Waals surface area contributed by atoms with Gasteiger partial charge in [-0.05, 0) is 48.1 Å². The monoisotopic (exact) mass is 462 g/mol. The molecule has 0 atom stereocenters. The molecule has 0 spiro atoms. The average molecular weight is 462 g/mol. The topological polar surface area (TPSA) is 41.4 Å². The molecule has 1 aromatic heterocycles. The van der Waals surface area contributed by atoms with Gasteiger partial charge in [-0.25, -0.2) is 4.39 Å². The first-order valence-electron chi connectivity index (χ1n) is 7.61. The molecule has 0 saturated carbocycles. The third-order valence-electron chi connectivity index (χ3n) is 3.27. The Morgan fingerprint density at radius 2 is 1.96 bits per heavy atom. The van der Waals surface area contributed by atoms with E-state index < -0.39 is 0 Å². The Labute approximate surface area is 164 Å². The summed E-state index contributed by atoms with van der Waals surface area (Å²) in [6, 6.07) is 8.70. The first kappa shape index (κ1) is 20.8. The van der Waals surface area contributed by atoms with Crippen molar-refractivity contribution in [1.82, 2.24) is 15.2 Å². The second-order valence-electron chi connectivity index (χ2n) is 5.19. The molecule has 0 aliphatic heterocycles. The van der Waals surface area contributed by atoms with Crippen molar-refractivity contribution in [1.29, 1.82) is 0 Å². The van der Waals surface area contributed by atoms with Crippen LogP contribution in [-0.2, 0) is 13.6 Å². The molecule has 4 nitrogen and oxygen atoms in total. The highest BCUT2D eigenvalue weighted by molar-refractivity contribution is 14.0. The van der Waals surface area contributed by atoms with Crippen LogP contribution in [0.25, 0.3) is 0 Å². The summed E-state index contributed by atoms with van der Waals surface area (Å²) in [7, 11) is 3.78. The minimum atomic E-state index is -0.190. The van der Waals surface area contributed by atoms with E-state index in [0.29, 0.717) is 0 Å². The van der Waals surface area contributed by atoms with Gasteiger partial charge in [0.25, 0.3) is 0 Å². The van der Waals surface area contributed by atoms with Gasteiger partial charge in [0.15, 0.2) is 5.96 Å². The lowest BCUT2D eigenvalue weighted by Gasteiger charge is -2.11. The Balaban J connectivity index is 0.00000288. The van der Waals surface area contributed by atoms with Crippen LogP contribution >= 0.6 is 35.7 Å². The summed E-state index contributed by atoms with van der Waals surface area (Å²) in [6.45, 7) is 1.60. The number of rotatable bonds is 7. The fourth-order valence-electron chi connectivity index (χ4n) is 2.07. The van der Waals surface area contributed by atoms with Crippen LogP contribution < -0.4 is 10.6 Å². The predicted molar refractivity (Wildman–Crippen MR) is 111 cm³/mol. The van der Waals surface area contributed by atoms with E-state index in [2.05, 4.69) is 27.9 Å². The number of nitrogens with one attached hydrogen (secondary N) is 2. The maximum absolute atomic E-state index is 12.8. The minimum absolute atomic E-state index is 0. The van der Waals surface area contributed by atoms with E-state index in [4.69, 9.17) is 0 Å². The highest BCUT2D eigenvalue weighted by atomic mass is 127. The van der Waals surface area contributed by atoms with E-state index in [1.165, 1.54) is 17.7 Å². The van der Waals surface area contributed by atoms with Crippen molar-refractivity contribution in [3.05, 3.63) is 54.1 Å². The number of halogens is 2. The van der Waals surface area contributed by atoms with Crippen molar-refractivity contribution in [3.8, 4) is 0 Å². The molecule has 132 valence electrons. The fourth-order valence-corrected chi connectivity index (χ4v) is 2.92. The molecule has 0 aliphatic carbocycles. The number of thioether (sulfide) groups is 1. The largest absolute Gasteiger partial charge is 0.357 e. The molecule has 0 saturated heterocycles. The van der Waals surface area contributed by atoms with Crippen LogP contribution in [-0.4, -0.2) is 29.9 Å². The van der Waals surface area contributed by atoms with Crippen LogP contribution in [0.2, 0.25) is 0 Å². The average Bonchev–Trinajstić information content (AvgIpc) is 2.97. The standard InChI is InChI=1S/C17H23FN4S.HI/c1-19-17(21-12-14-8-10-22(2)13-14)20-9-3-11-23-16-6-4-15(18)5-7-16;/h4-8,10,13H,3,9,11-12H2,1-2H3,(H2,19,20,21);1H. The van der Waals surface area contributed by atoms with Crippen LogP contribution in [0.1, 0.15) is 12.0 Å². The van der Waals surface area contributed by atoms with Crippen molar-refractivity contribution in [2.75, 3.05) is 19.3 Å². The molecular weight excluding hydrogens is 438 g/mol. The Hall–Kier alpha value is -1.22. The molecule has 0 radical (unpaired) electrons. The van der Waals surface area contributed by atoms with E-state index in [1.807, 2.05) is 29.9 Å². The SMILES string of the molecule is CN=C(NCCCSc1ccc(F)cc1)NCc1ccn(C)c1.I. The number of aromatic nitrogens is 1. The Bertz CT molecular complexity index is 628. The minimum Gasteiger partial charge on any atom is -0.357 e. The molecule has 2 aromatic rings. The molecule has 0 fully saturated rings. The van der Waals surface area contributed by atoms with E-state index in [1.54, 1.807) is 18.8 Å². The summed E-state index contributed by atoms with van der Waals surface area (Å²) in [5, 5.41) is 6.59. The van der Waals surface area contributed by atoms with E-state index in [0.717, 1.165) is 36.1 Å². The third-order valence-corrected chi connectivity index (χ3v) is 4.37. The molecule has 7 heteroatoms. The van der Waals surface area contributed by atoms with Crippen molar-refractivity contribution in [3.63, 3.8) is 0 Å². The molecule has 2 rings (SSSR count). The number of hydrogen-bond acceptors (Lipinski definition) is 2. The van der Waals surface area contributed by atoms with Crippen LogP contribution in [0, 0.1) is 5.82 Å². The van der Waals surface area contributed by atoms with Crippen LogP contribution in [0.4, 0.5) is 4.39 Å². The number of hydrogen-bond donors (Lipinski definition) is 2. The van der Waals surface area contributed by atoms with Gasteiger partial charge in [-0.3, -0.25) is 4.99 Å². The summed E-state index contributed by atoms with van der Waals surface area (Å²) in [5.41, 5.74) is 1.22. The second-order valence-corrected chi connectivity index (χ2v) is 6.36. The fraction of sp³-hybridized carbons (Fsp3) is 0.353. The van der Waals surface area contributed by atoms with Crippen LogP contribution in [0.15, 0.2) is 52.6 Å². The van der Waals surface area contributed by atoms with Crippen molar-refractivity contribution >= 4 is 41.7 Å². The van der Waals surface area contributed by atoms with Crippen molar-refractivity contribution in [2.24, 2.45) is 12.0 Å². The molecule has 0 bridgehead atoms. The summed E-state index contributed by atoms with van der Waals surface area (Å²) in [4.78, 5) is 5.31. The zero-order valence-electron chi connectivity index (χ0n) is 14.0. The predicted octanol–water partition coefficient (Wildman–Crippen LogP) is 3.63. The first-order chi connectivity index (χ1) is 11.2. The zero-order valence-corrected chi connectivity index (χ0v) is 17.1. The number of aryl methyl sites for hydroxylation is 1. The summed E-state index contributed by atoms with van der Waals surface area (Å²) in [5.74, 6) is 1.60. The Morgan fingerprint density at radius 3 is 2.58 bits per heavy atom. The molecule has 1 aromatic carbocycles. The van der Waals surface area contributed by atoms with E-state index in [9.17, 15) is 4.39 Å². The van der Waals surface area contributed by atoms with Gasteiger partial charge >= 0.3 is 0 Å². The Kier molecular flexibility index (Phi) is 9.85. The number of aliphatic imine (C=N–C) groups is 1. The Morgan fingerprint density at radius 1 is 1.21 bits per heavy atom. The molecule has 0 amide bonds. The number of guanidine groups is 1. The zero-order chi connectivity index (χ0) is 16.5. The van der Waals surface area contributed by atoms with Crippen molar-refractivity contribution in [2.45, 2.75) is 17.9 Å². The van der Waals surface area contributed by atoms with Crippen LogP contribution in [0.5, 0.6) is 0 Å². The molecule has 0 unspecified atom stereocenters. The molecular formula is C17H24FIN4S. The van der Waals surface area contributed by atoms with E-state index >= 15 is 0 Å². The van der Waals surface area contributed by atoms with Gasteiger partial charge in [0.05, 0.1) is 0 Å². The van der Waals surface area contributed by atoms with Gasteiger partial charge in [0.1, 0.15) is 5.82 Å². The van der Waals surface area contributed by atoms with Gasteiger partial charge in [-0.1, -0.05) is 0 Å². The molecule has 1 heterocycles. The lowest BCUT2D eigenvalue weighted by atomic mass is 10.3. The first-order valence-corrected chi connectivity index (χ1v) is 8.59. The van der Waals surface area contributed by atoms with Crippen molar-refractivity contribution < 1.29 is 4.39 Å². The number of nitrogens with zero attached hydrogens (tertiary/aromatic N) is 2. The smallest absolute Gasteiger partial charge is 0.191 e. The van der Waals surface area contributed by atoms with Gasteiger partial charge < -0.3 is 15.2 Å². The molecule has 0 aliphatic rings. The lowest BCUT2D eigenvalue weighted by Crippen LogP contribution is -2.37. The summed E-state index contributed by atoms with van der Waals surface area (Å²) < 4.78 is 14.8. The quantitative estimate of drug-likeness (QED) is 0.217. The van der Waals surface area contributed by atoms with E-state index in [-0.39, 0.29) is 29.8 Å². The normalized spacial score (nSPS) is 11.0. The van der Waals surface area contributed by atoms with Gasteiger partial charge in [-0.2, -0.15) is 0 Å². The second kappa shape index (κ2) is 11.4. The highest BCUT2D eigenvalue weighted by Gasteiger charge is 2.00. The summed E-state index contributed by atoms with van der Waals surface area (Å²) >= 11 is 1.73. The maximum atomic E-state index is 12.8. The van der Waals surface area contributed by atoms with Gasteiger partial charge in [-0.15, -0.1) is 35.7 Å². The van der Waals surface area contributed by atoms with Gasteiger partial charge in [0.2, 0.25) is 0 Å². The molecule has 2 N–H and O–H groups in total. The van der Waals surface area contributed by atoms with Gasteiger partial charge in [0, 0.05) is 44.5 Å². The third kappa shape index (κ3) is 7.57. The maximum Gasteiger partial charge on any atom is 0.191 e. The lowest BCUT2D eigenvalue weighted by molar-refractivity contribution is 0.626. The molecule has 24 heavy (non-hydrogen) atoms. The summed E-state index contributed by atoms with van der Waals surface area (Å²) in [6.07, 6.45) is 5.12. The van der Waals surface area contributed by atoms with Crippen LogP contribution in [0.3, 0.4) is 0 Å². The number of benzene rings is 1. The highest BCUT2D eigenvalue weighted by Crippen LogP contribution is 2.18.